The summed E-state index contributed by atoms with van der Waals surface area (Å²) in [6.07, 6.45) is 1.96. The Morgan fingerprint density at radius 3 is 1.82 bits per heavy atom. The molecular weight excluding hydrogens is 438 g/mol. The molecule has 0 saturated carbocycles. The van der Waals surface area contributed by atoms with Gasteiger partial charge in [-0.3, -0.25) is 0 Å². The summed E-state index contributed by atoms with van der Waals surface area (Å²) < 4.78 is 2.11. The number of benzene rings is 4. The Morgan fingerprint density at radius 2 is 1.15 bits per heavy atom. The normalized spacial score (nSPS) is 11.1. The fourth-order valence-electron chi connectivity index (χ4n) is 4.24. The molecule has 0 aliphatic rings. The van der Waals surface area contributed by atoms with Crippen LogP contribution in [0.25, 0.3) is 50.5 Å². The van der Waals surface area contributed by atoms with Crippen LogP contribution in [0, 0.1) is 0 Å². The predicted molar refractivity (Wildman–Crippen MR) is 140 cm³/mol. The Bertz CT molecular complexity index is 1550. The Kier molecular flexibility index (Phi) is 5.17. The first-order chi connectivity index (χ1) is 16.8. The number of hydrogen-bond donors (Lipinski definition) is 0. The third kappa shape index (κ3) is 3.76. The van der Waals surface area contributed by atoms with Gasteiger partial charge in [-0.25, -0.2) is 9.97 Å². The Morgan fingerprint density at radius 1 is 0.559 bits per heavy atom. The largest absolute Gasteiger partial charge is 0.315 e. The number of halogens is 1. The van der Waals surface area contributed by atoms with E-state index in [2.05, 4.69) is 59.2 Å². The van der Waals surface area contributed by atoms with Gasteiger partial charge in [-0.05, 0) is 24.3 Å². The van der Waals surface area contributed by atoms with Gasteiger partial charge in [0.05, 0.1) is 21.9 Å². The van der Waals surface area contributed by atoms with Crippen molar-refractivity contribution in [3.8, 4) is 39.6 Å². The van der Waals surface area contributed by atoms with E-state index in [1.165, 1.54) is 0 Å². The van der Waals surface area contributed by atoms with Crippen molar-refractivity contribution in [1.29, 1.82) is 0 Å². The summed E-state index contributed by atoms with van der Waals surface area (Å²) in [7, 11) is 0. The fourth-order valence-corrected chi connectivity index (χ4v) is 4.49. The number of fused-ring (bicyclic) bond motifs is 1. The van der Waals surface area contributed by atoms with Crippen LogP contribution in [0.3, 0.4) is 0 Å². The van der Waals surface area contributed by atoms with Crippen molar-refractivity contribution in [2.45, 2.75) is 0 Å². The molecule has 0 saturated heterocycles. The third-order valence-electron chi connectivity index (χ3n) is 5.91. The maximum Gasteiger partial charge on any atom is 0.160 e. The first kappa shape index (κ1) is 20.4. The molecule has 162 valence electrons. The van der Waals surface area contributed by atoms with Crippen molar-refractivity contribution in [3.05, 3.63) is 126 Å². The zero-order chi connectivity index (χ0) is 22.9. The predicted octanol–water partition coefficient (Wildman–Crippen LogP) is 8.07. The van der Waals surface area contributed by atoms with E-state index >= 15 is 0 Å². The second kappa shape index (κ2) is 8.62. The molecule has 0 spiro atoms. The van der Waals surface area contributed by atoms with E-state index in [0.717, 1.165) is 49.7 Å². The van der Waals surface area contributed by atoms with Crippen molar-refractivity contribution in [2.75, 3.05) is 0 Å². The van der Waals surface area contributed by atoms with Crippen LogP contribution in [0.4, 0.5) is 0 Å². The van der Waals surface area contributed by atoms with Gasteiger partial charge in [-0.15, -0.1) is 0 Å². The molecule has 3 nitrogen and oxygen atoms in total. The summed E-state index contributed by atoms with van der Waals surface area (Å²) in [5, 5.41) is 1.76. The minimum atomic E-state index is 0.685. The summed E-state index contributed by atoms with van der Waals surface area (Å²) in [6, 6.07) is 38.9. The second-order valence-electron chi connectivity index (χ2n) is 8.11. The lowest BCUT2D eigenvalue weighted by Crippen LogP contribution is -1.97. The number of para-hydroxylation sites is 1. The molecule has 0 amide bonds. The van der Waals surface area contributed by atoms with Crippen LogP contribution in [0.5, 0.6) is 0 Å². The number of hydrogen-bond acceptors (Lipinski definition) is 2. The van der Waals surface area contributed by atoms with Gasteiger partial charge < -0.3 is 4.57 Å². The molecule has 0 fully saturated rings. The SMILES string of the molecule is Clc1cn(-c2cccc(-c3nc(-c4ccccc4)cc(-c4ccccc4)n3)c2)c2ccccc12. The van der Waals surface area contributed by atoms with E-state index in [-0.39, 0.29) is 0 Å². The van der Waals surface area contributed by atoms with Gasteiger partial charge in [0, 0.05) is 34.0 Å². The van der Waals surface area contributed by atoms with Crippen LogP contribution in [0.1, 0.15) is 0 Å². The Hall–Kier alpha value is -4.21. The third-order valence-corrected chi connectivity index (χ3v) is 6.21. The van der Waals surface area contributed by atoms with E-state index in [9.17, 15) is 0 Å². The van der Waals surface area contributed by atoms with Crippen LogP contribution in [-0.4, -0.2) is 14.5 Å². The first-order valence-corrected chi connectivity index (χ1v) is 11.5. The van der Waals surface area contributed by atoms with Gasteiger partial charge in [-0.2, -0.15) is 0 Å². The van der Waals surface area contributed by atoms with E-state index in [0.29, 0.717) is 5.82 Å². The van der Waals surface area contributed by atoms with Crippen molar-refractivity contribution in [1.82, 2.24) is 14.5 Å². The number of rotatable bonds is 4. The monoisotopic (exact) mass is 457 g/mol. The smallest absolute Gasteiger partial charge is 0.160 e. The van der Waals surface area contributed by atoms with E-state index in [1.54, 1.807) is 0 Å². The molecular formula is C30H20ClN3. The van der Waals surface area contributed by atoms with Crippen LogP contribution in [0.15, 0.2) is 121 Å². The molecule has 2 heterocycles. The number of aromatic nitrogens is 3. The molecule has 6 aromatic rings. The molecule has 2 aromatic heterocycles. The lowest BCUT2D eigenvalue weighted by molar-refractivity contribution is 1.12. The van der Waals surface area contributed by atoms with Crippen LogP contribution in [-0.2, 0) is 0 Å². The van der Waals surface area contributed by atoms with Crippen LogP contribution in [0.2, 0.25) is 5.02 Å². The average molecular weight is 458 g/mol. The summed E-state index contributed by atoms with van der Waals surface area (Å²) in [5.41, 5.74) is 6.92. The second-order valence-corrected chi connectivity index (χ2v) is 8.52. The highest BCUT2D eigenvalue weighted by atomic mass is 35.5. The molecule has 4 heteroatoms. The maximum atomic E-state index is 6.52. The van der Waals surface area contributed by atoms with Gasteiger partial charge in [0.25, 0.3) is 0 Å². The molecule has 0 aliphatic heterocycles. The Balaban J connectivity index is 1.52. The van der Waals surface area contributed by atoms with Crippen molar-refractivity contribution >= 4 is 22.5 Å². The molecule has 0 bridgehead atoms. The summed E-state index contributed by atoms with van der Waals surface area (Å²) in [6.45, 7) is 0. The molecule has 4 aromatic carbocycles. The topological polar surface area (TPSA) is 30.7 Å². The zero-order valence-electron chi connectivity index (χ0n) is 18.3. The van der Waals surface area contributed by atoms with Gasteiger partial charge in [0.1, 0.15) is 0 Å². The summed E-state index contributed by atoms with van der Waals surface area (Å²) in [5.74, 6) is 0.685. The quantitative estimate of drug-likeness (QED) is 0.268. The highest BCUT2D eigenvalue weighted by Gasteiger charge is 2.13. The maximum absolute atomic E-state index is 6.52. The molecule has 0 N–H and O–H groups in total. The highest BCUT2D eigenvalue weighted by Crippen LogP contribution is 2.31. The fraction of sp³-hybridized carbons (Fsp3) is 0. The summed E-state index contributed by atoms with van der Waals surface area (Å²) in [4.78, 5) is 9.91. The van der Waals surface area contributed by atoms with Crippen molar-refractivity contribution in [2.24, 2.45) is 0 Å². The minimum Gasteiger partial charge on any atom is -0.315 e. The van der Waals surface area contributed by atoms with Crippen molar-refractivity contribution in [3.63, 3.8) is 0 Å². The average Bonchev–Trinajstić information content (AvgIpc) is 3.26. The van der Waals surface area contributed by atoms with Gasteiger partial charge in [0.2, 0.25) is 0 Å². The summed E-state index contributed by atoms with van der Waals surface area (Å²) >= 11 is 6.52. The molecule has 0 aliphatic carbocycles. The molecule has 6 rings (SSSR count). The molecule has 0 atom stereocenters. The van der Waals surface area contributed by atoms with Gasteiger partial charge in [-0.1, -0.05) is 103 Å². The van der Waals surface area contributed by atoms with Crippen LogP contribution >= 0.6 is 11.6 Å². The van der Waals surface area contributed by atoms with E-state index in [4.69, 9.17) is 21.6 Å². The lowest BCUT2D eigenvalue weighted by atomic mass is 10.1. The molecule has 0 radical (unpaired) electrons. The lowest BCUT2D eigenvalue weighted by Gasteiger charge is -2.11. The standard InChI is InChI=1S/C30H20ClN3/c31-26-20-34(29-17-8-7-16-25(26)29)24-15-9-14-23(18-24)30-32-27(21-10-3-1-4-11-21)19-28(33-30)22-12-5-2-6-13-22/h1-20H. The highest BCUT2D eigenvalue weighted by molar-refractivity contribution is 6.35. The Labute approximate surface area is 203 Å². The van der Waals surface area contributed by atoms with Gasteiger partial charge >= 0.3 is 0 Å². The van der Waals surface area contributed by atoms with E-state index < -0.39 is 0 Å². The van der Waals surface area contributed by atoms with Gasteiger partial charge in [0.15, 0.2) is 5.82 Å². The minimum absolute atomic E-state index is 0.685. The molecule has 34 heavy (non-hydrogen) atoms. The zero-order valence-corrected chi connectivity index (χ0v) is 19.0. The molecule has 0 unspecified atom stereocenters. The van der Waals surface area contributed by atoms with Crippen LogP contribution < -0.4 is 0 Å². The van der Waals surface area contributed by atoms with E-state index in [1.807, 2.05) is 66.9 Å². The number of nitrogens with zero attached hydrogens (tertiary/aromatic N) is 3. The first-order valence-electron chi connectivity index (χ1n) is 11.1. The van der Waals surface area contributed by atoms with Crippen molar-refractivity contribution < 1.29 is 0 Å².